The highest BCUT2D eigenvalue weighted by Crippen LogP contribution is 2.41. The zero-order valence-corrected chi connectivity index (χ0v) is 21.0. The van der Waals surface area contributed by atoms with Gasteiger partial charge >= 0.3 is 0 Å². The maximum Gasteiger partial charge on any atom is 0.244 e. The first-order chi connectivity index (χ1) is 17.4. The number of amides is 1. The molecule has 0 aliphatic carbocycles. The van der Waals surface area contributed by atoms with Gasteiger partial charge in [-0.15, -0.1) is 0 Å². The lowest BCUT2D eigenvalue weighted by Crippen LogP contribution is -2.20. The van der Waals surface area contributed by atoms with Crippen LogP contribution in [0.1, 0.15) is 37.5 Å². The normalized spacial score (nSPS) is 11.5. The number of aryl methyl sites for hydroxylation is 1. The van der Waals surface area contributed by atoms with E-state index in [9.17, 15) is 9.18 Å². The number of halogens is 1. The molecule has 5 nitrogen and oxygen atoms in total. The van der Waals surface area contributed by atoms with Crippen LogP contribution in [0.25, 0.3) is 27.7 Å². The van der Waals surface area contributed by atoms with Crippen LogP contribution in [0, 0.1) is 12.7 Å². The topological polar surface area (TPSA) is 60.7 Å². The SMILES string of the molecule is CCOc1ccc(-c2coc3c(C)c(OCC)c(/C(C)=C/C(=O)NCc4ccc(F)cc4)cc23)cc1. The first-order valence-corrected chi connectivity index (χ1v) is 12.0. The molecule has 0 aliphatic rings. The maximum atomic E-state index is 13.1. The van der Waals surface area contributed by atoms with Crippen molar-refractivity contribution < 1.29 is 23.1 Å². The number of carbonyl (C=O) groups excluding carboxylic acids is 1. The zero-order chi connectivity index (χ0) is 25.7. The van der Waals surface area contributed by atoms with Crippen LogP contribution in [0.2, 0.25) is 0 Å². The minimum absolute atomic E-state index is 0.240. The molecule has 4 aromatic rings. The Morgan fingerprint density at radius 1 is 1.03 bits per heavy atom. The van der Waals surface area contributed by atoms with Crippen LogP contribution in [0.4, 0.5) is 4.39 Å². The van der Waals surface area contributed by atoms with Crippen molar-refractivity contribution in [2.45, 2.75) is 34.2 Å². The molecular formula is C30H30FNO4. The number of rotatable bonds is 9. The van der Waals surface area contributed by atoms with Gasteiger partial charge in [-0.2, -0.15) is 0 Å². The van der Waals surface area contributed by atoms with Gasteiger partial charge in [0.15, 0.2) is 0 Å². The van der Waals surface area contributed by atoms with Crippen molar-refractivity contribution in [3.05, 3.63) is 89.4 Å². The van der Waals surface area contributed by atoms with Crippen LogP contribution in [-0.4, -0.2) is 19.1 Å². The van der Waals surface area contributed by atoms with Gasteiger partial charge in [-0.1, -0.05) is 24.3 Å². The van der Waals surface area contributed by atoms with Crippen LogP contribution in [0.5, 0.6) is 11.5 Å². The van der Waals surface area contributed by atoms with Gasteiger partial charge < -0.3 is 19.2 Å². The van der Waals surface area contributed by atoms with E-state index < -0.39 is 0 Å². The number of benzene rings is 3. The van der Waals surface area contributed by atoms with E-state index in [2.05, 4.69) is 5.32 Å². The first-order valence-electron chi connectivity index (χ1n) is 12.0. The fraction of sp³-hybridized carbons (Fsp3) is 0.233. The van der Waals surface area contributed by atoms with Gasteiger partial charge in [-0.3, -0.25) is 4.79 Å². The second kappa shape index (κ2) is 11.1. The molecule has 0 aliphatic heterocycles. The van der Waals surface area contributed by atoms with Crippen molar-refractivity contribution in [3.8, 4) is 22.6 Å². The molecule has 1 amide bonds. The van der Waals surface area contributed by atoms with Crippen molar-refractivity contribution in [3.63, 3.8) is 0 Å². The molecule has 0 bridgehead atoms. The lowest BCUT2D eigenvalue weighted by molar-refractivity contribution is -0.116. The van der Waals surface area contributed by atoms with E-state index in [1.807, 2.05) is 58.0 Å². The first kappa shape index (κ1) is 25.0. The van der Waals surface area contributed by atoms with Gasteiger partial charge in [0.1, 0.15) is 22.9 Å². The highest BCUT2D eigenvalue weighted by atomic mass is 19.1. The molecule has 4 rings (SSSR count). The number of carbonyl (C=O) groups is 1. The smallest absolute Gasteiger partial charge is 0.244 e. The number of fused-ring (bicyclic) bond motifs is 1. The second-order valence-corrected chi connectivity index (χ2v) is 8.47. The van der Waals surface area contributed by atoms with Crippen LogP contribution >= 0.6 is 0 Å². The number of ether oxygens (including phenoxy) is 2. The minimum Gasteiger partial charge on any atom is -0.494 e. The Morgan fingerprint density at radius 2 is 1.72 bits per heavy atom. The standard InChI is InChI=1S/C30H30FNO4/c1-5-34-24-13-9-22(10-14-24)27-18-36-30-20(4)29(35-6-2)25(16-26(27)30)19(3)15-28(33)32-17-21-7-11-23(31)12-8-21/h7-16,18H,5-6,17H2,1-4H3,(H,32,33)/b19-15+. The Hall–Kier alpha value is -4.06. The predicted molar refractivity (Wildman–Crippen MR) is 141 cm³/mol. The third-order valence-electron chi connectivity index (χ3n) is 5.96. The molecule has 3 aromatic carbocycles. The third kappa shape index (κ3) is 5.43. The highest BCUT2D eigenvalue weighted by Gasteiger charge is 2.19. The van der Waals surface area contributed by atoms with E-state index in [-0.39, 0.29) is 11.7 Å². The van der Waals surface area contributed by atoms with Crippen LogP contribution in [0.15, 0.2) is 71.4 Å². The highest BCUT2D eigenvalue weighted by molar-refractivity contribution is 6.01. The Bertz CT molecular complexity index is 1390. The summed E-state index contributed by atoms with van der Waals surface area (Å²) >= 11 is 0. The van der Waals surface area contributed by atoms with E-state index >= 15 is 0 Å². The average molecular weight is 488 g/mol. The van der Waals surface area contributed by atoms with E-state index in [1.54, 1.807) is 24.5 Å². The summed E-state index contributed by atoms with van der Waals surface area (Å²) in [4.78, 5) is 12.7. The van der Waals surface area contributed by atoms with Crippen LogP contribution in [-0.2, 0) is 11.3 Å². The van der Waals surface area contributed by atoms with Gasteiger partial charge in [-0.25, -0.2) is 4.39 Å². The molecule has 186 valence electrons. The summed E-state index contributed by atoms with van der Waals surface area (Å²) < 4.78 is 30.7. The number of hydrogen-bond donors (Lipinski definition) is 1. The molecule has 0 atom stereocenters. The molecule has 36 heavy (non-hydrogen) atoms. The van der Waals surface area contributed by atoms with Gasteiger partial charge in [0.05, 0.1) is 19.5 Å². The molecule has 1 N–H and O–H groups in total. The average Bonchev–Trinajstić information content (AvgIpc) is 3.30. The number of furan rings is 1. The van der Waals surface area contributed by atoms with Gasteiger partial charge in [0.2, 0.25) is 5.91 Å². The zero-order valence-electron chi connectivity index (χ0n) is 21.0. The molecular weight excluding hydrogens is 457 g/mol. The lowest BCUT2D eigenvalue weighted by atomic mass is 9.96. The monoisotopic (exact) mass is 487 g/mol. The largest absolute Gasteiger partial charge is 0.494 e. The van der Waals surface area contributed by atoms with Crippen LogP contribution < -0.4 is 14.8 Å². The molecule has 6 heteroatoms. The summed E-state index contributed by atoms with van der Waals surface area (Å²) in [6.45, 7) is 9.13. The van der Waals surface area contributed by atoms with Gasteiger partial charge in [-0.05, 0) is 74.7 Å². The number of nitrogens with one attached hydrogen (secondary N) is 1. The molecule has 0 fully saturated rings. The summed E-state index contributed by atoms with van der Waals surface area (Å²) in [7, 11) is 0. The quantitative estimate of drug-likeness (QED) is 0.257. The number of hydrogen-bond acceptors (Lipinski definition) is 4. The Balaban J connectivity index is 1.67. The van der Waals surface area contributed by atoms with Crippen LogP contribution in [0.3, 0.4) is 0 Å². The fourth-order valence-electron chi connectivity index (χ4n) is 4.18. The summed E-state index contributed by atoms with van der Waals surface area (Å²) in [6.07, 6.45) is 3.31. The molecule has 0 spiro atoms. The molecule has 0 unspecified atom stereocenters. The van der Waals surface area contributed by atoms with Crippen molar-refractivity contribution in [2.75, 3.05) is 13.2 Å². The molecule has 1 heterocycles. The predicted octanol–water partition coefficient (Wildman–Crippen LogP) is 7.06. The molecule has 0 radical (unpaired) electrons. The molecule has 0 saturated carbocycles. The number of allylic oxidation sites excluding steroid dienone is 1. The minimum atomic E-state index is -0.307. The van der Waals surface area contributed by atoms with Gasteiger partial charge in [0.25, 0.3) is 0 Å². The Kier molecular flexibility index (Phi) is 7.74. The van der Waals surface area contributed by atoms with E-state index in [1.165, 1.54) is 12.1 Å². The van der Waals surface area contributed by atoms with E-state index in [4.69, 9.17) is 13.9 Å². The molecule has 0 saturated heterocycles. The third-order valence-corrected chi connectivity index (χ3v) is 5.96. The van der Waals surface area contributed by atoms with Crippen molar-refractivity contribution in [2.24, 2.45) is 0 Å². The second-order valence-electron chi connectivity index (χ2n) is 8.47. The lowest BCUT2D eigenvalue weighted by Gasteiger charge is -2.15. The summed E-state index contributed by atoms with van der Waals surface area (Å²) in [5.41, 5.74) is 5.99. The summed E-state index contributed by atoms with van der Waals surface area (Å²) in [5, 5.41) is 3.80. The van der Waals surface area contributed by atoms with Crippen molar-refractivity contribution in [1.82, 2.24) is 5.32 Å². The molecule has 1 aromatic heterocycles. The van der Waals surface area contributed by atoms with Crippen molar-refractivity contribution >= 4 is 22.4 Å². The Morgan fingerprint density at radius 3 is 2.39 bits per heavy atom. The van der Waals surface area contributed by atoms with E-state index in [0.717, 1.165) is 50.1 Å². The van der Waals surface area contributed by atoms with Crippen molar-refractivity contribution in [1.29, 1.82) is 0 Å². The fourth-order valence-corrected chi connectivity index (χ4v) is 4.18. The van der Waals surface area contributed by atoms with Gasteiger partial charge in [0, 0.05) is 34.7 Å². The summed E-state index contributed by atoms with van der Waals surface area (Å²) in [6, 6.07) is 16.0. The maximum absolute atomic E-state index is 13.1. The van der Waals surface area contributed by atoms with E-state index in [0.29, 0.717) is 25.5 Å². The Labute approximate surface area is 210 Å². The summed E-state index contributed by atoms with van der Waals surface area (Å²) in [5.74, 6) is 0.961.